The minimum absolute atomic E-state index is 0.0598. The fourth-order valence-electron chi connectivity index (χ4n) is 2.25. The summed E-state index contributed by atoms with van der Waals surface area (Å²) in [5, 5.41) is 6.56. The lowest BCUT2D eigenvalue weighted by molar-refractivity contribution is -0.126. The summed E-state index contributed by atoms with van der Waals surface area (Å²) in [5.41, 5.74) is 5.41. The molecule has 1 amide bonds. The molecular weight excluding hydrogens is 234 g/mol. The molecule has 0 aliphatic carbocycles. The SMILES string of the molecule is CNC(=O)C1CCCN(Cc2noc(CN)n2)C1. The van der Waals surface area contributed by atoms with E-state index in [-0.39, 0.29) is 18.4 Å². The molecule has 1 saturated heterocycles. The van der Waals surface area contributed by atoms with Crippen molar-refractivity contribution in [3.05, 3.63) is 11.7 Å². The Kier molecular flexibility index (Phi) is 4.27. The zero-order valence-electron chi connectivity index (χ0n) is 10.6. The van der Waals surface area contributed by atoms with E-state index in [4.69, 9.17) is 10.3 Å². The van der Waals surface area contributed by atoms with Crippen LogP contribution in [0.3, 0.4) is 0 Å². The van der Waals surface area contributed by atoms with Crippen LogP contribution >= 0.6 is 0 Å². The second-order valence-corrected chi connectivity index (χ2v) is 4.50. The van der Waals surface area contributed by atoms with Gasteiger partial charge in [-0.2, -0.15) is 4.98 Å². The van der Waals surface area contributed by atoms with Gasteiger partial charge in [-0.25, -0.2) is 0 Å². The maximum absolute atomic E-state index is 11.6. The topological polar surface area (TPSA) is 97.3 Å². The van der Waals surface area contributed by atoms with E-state index < -0.39 is 0 Å². The van der Waals surface area contributed by atoms with E-state index in [1.54, 1.807) is 7.05 Å². The lowest BCUT2D eigenvalue weighted by Crippen LogP contribution is -2.41. The van der Waals surface area contributed by atoms with E-state index in [0.717, 1.165) is 25.9 Å². The molecule has 1 aromatic rings. The first kappa shape index (κ1) is 13.0. The number of carbonyl (C=O) groups excluding carboxylic acids is 1. The number of amides is 1. The van der Waals surface area contributed by atoms with Crippen molar-refractivity contribution in [3.8, 4) is 0 Å². The molecule has 0 aromatic carbocycles. The molecule has 3 N–H and O–H groups in total. The number of hydrogen-bond acceptors (Lipinski definition) is 6. The van der Waals surface area contributed by atoms with Gasteiger partial charge in [-0.05, 0) is 19.4 Å². The van der Waals surface area contributed by atoms with Gasteiger partial charge in [0.15, 0.2) is 5.82 Å². The van der Waals surface area contributed by atoms with E-state index in [0.29, 0.717) is 18.3 Å². The summed E-state index contributed by atoms with van der Waals surface area (Å²) < 4.78 is 4.96. The molecule has 0 bridgehead atoms. The minimum Gasteiger partial charge on any atom is -0.359 e. The van der Waals surface area contributed by atoms with Crippen LogP contribution in [0.15, 0.2) is 4.52 Å². The number of aromatic nitrogens is 2. The number of rotatable bonds is 4. The van der Waals surface area contributed by atoms with E-state index in [2.05, 4.69) is 20.4 Å². The van der Waals surface area contributed by atoms with Gasteiger partial charge in [0.1, 0.15) is 0 Å². The predicted molar refractivity (Wildman–Crippen MR) is 64.3 cm³/mol. The molecule has 2 rings (SSSR count). The zero-order chi connectivity index (χ0) is 13.0. The molecule has 1 aliphatic heterocycles. The summed E-state index contributed by atoms with van der Waals surface area (Å²) in [6.07, 6.45) is 1.95. The number of nitrogens with one attached hydrogen (secondary N) is 1. The van der Waals surface area contributed by atoms with Crippen LogP contribution in [0.1, 0.15) is 24.6 Å². The normalized spacial score (nSPS) is 20.9. The van der Waals surface area contributed by atoms with Crippen molar-refractivity contribution in [3.63, 3.8) is 0 Å². The van der Waals surface area contributed by atoms with Crippen LogP contribution in [-0.2, 0) is 17.9 Å². The van der Waals surface area contributed by atoms with Gasteiger partial charge < -0.3 is 15.6 Å². The highest BCUT2D eigenvalue weighted by atomic mass is 16.5. The summed E-state index contributed by atoms with van der Waals surface area (Å²) in [7, 11) is 1.67. The molecule has 1 aliphatic rings. The molecule has 18 heavy (non-hydrogen) atoms. The standard InChI is InChI=1S/C11H19N5O2/c1-13-11(17)8-3-2-4-16(6-8)7-9-14-10(5-12)18-15-9/h8H,2-7,12H2,1H3,(H,13,17). The molecule has 2 heterocycles. The van der Waals surface area contributed by atoms with Crippen molar-refractivity contribution in [1.29, 1.82) is 0 Å². The largest absolute Gasteiger partial charge is 0.359 e. The Hall–Kier alpha value is -1.47. The molecule has 7 nitrogen and oxygen atoms in total. The Bertz CT molecular complexity index is 406. The van der Waals surface area contributed by atoms with Gasteiger partial charge in [-0.3, -0.25) is 9.69 Å². The Morgan fingerprint density at radius 2 is 2.50 bits per heavy atom. The van der Waals surface area contributed by atoms with Crippen LogP contribution in [0.4, 0.5) is 0 Å². The maximum Gasteiger partial charge on any atom is 0.240 e. The second-order valence-electron chi connectivity index (χ2n) is 4.50. The Morgan fingerprint density at radius 1 is 1.67 bits per heavy atom. The molecule has 100 valence electrons. The molecule has 0 spiro atoms. The van der Waals surface area contributed by atoms with Crippen LogP contribution < -0.4 is 11.1 Å². The van der Waals surface area contributed by atoms with Crippen LogP contribution in [0.2, 0.25) is 0 Å². The van der Waals surface area contributed by atoms with Crippen molar-refractivity contribution in [2.45, 2.75) is 25.9 Å². The van der Waals surface area contributed by atoms with Gasteiger partial charge in [0.25, 0.3) is 0 Å². The van der Waals surface area contributed by atoms with Crippen LogP contribution in [0.25, 0.3) is 0 Å². The van der Waals surface area contributed by atoms with E-state index in [1.807, 2.05) is 0 Å². The molecule has 1 atom stereocenters. The number of likely N-dealkylation sites (tertiary alicyclic amines) is 1. The fourth-order valence-corrected chi connectivity index (χ4v) is 2.25. The van der Waals surface area contributed by atoms with Crippen molar-refractivity contribution in [1.82, 2.24) is 20.4 Å². The minimum atomic E-state index is 0.0598. The Morgan fingerprint density at radius 3 is 3.17 bits per heavy atom. The maximum atomic E-state index is 11.6. The van der Waals surface area contributed by atoms with Crippen LogP contribution in [0, 0.1) is 5.92 Å². The number of carbonyl (C=O) groups is 1. The average Bonchev–Trinajstić information content (AvgIpc) is 2.86. The molecule has 1 aromatic heterocycles. The number of nitrogens with two attached hydrogens (primary N) is 1. The zero-order valence-corrected chi connectivity index (χ0v) is 10.6. The summed E-state index contributed by atoms with van der Waals surface area (Å²) in [4.78, 5) is 18.0. The lowest BCUT2D eigenvalue weighted by atomic mass is 9.97. The van der Waals surface area contributed by atoms with Gasteiger partial charge >= 0.3 is 0 Å². The van der Waals surface area contributed by atoms with Gasteiger partial charge in [0.2, 0.25) is 11.8 Å². The van der Waals surface area contributed by atoms with E-state index >= 15 is 0 Å². The number of nitrogens with zero attached hydrogens (tertiary/aromatic N) is 3. The van der Waals surface area contributed by atoms with Gasteiger partial charge in [-0.1, -0.05) is 5.16 Å². The highest BCUT2D eigenvalue weighted by Crippen LogP contribution is 2.17. The van der Waals surface area contributed by atoms with Crippen molar-refractivity contribution >= 4 is 5.91 Å². The smallest absolute Gasteiger partial charge is 0.240 e. The third kappa shape index (κ3) is 3.05. The molecule has 0 saturated carbocycles. The third-order valence-electron chi connectivity index (χ3n) is 3.17. The van der Waals surface area contributed by atoms with Crippen molar-refractivity contribution in [2.75, 3.05) is 20.1 Å². The quantitative estimate of drug-likeness (QED) is 0.750. The second kappa shape index (κ2) is 5.92. The van der Waals surface area contributed by atoms with Gasteiger partial charge in [-0.15, -0.1) is 0 Å². The molecule has 0 radical (unpaired) electrons. The van der Waals surface area contributed by atoms with E-state index in [9.17, 15) is 4.79 Å². The molecule has 1 unspecified atom stereocenters. The summed E-state index contributed by atoms with van der Waals surface area (Å²) in [6.45, 7) is 2.57. The summed E-state index contributed by atoms with van der Waals surface area (Å²) >= 11 is 0. The third-order valence-corrected chi connectivity index (χ3v) is 3.17. The van der Waals surface area contributed by atoms with Crippen molar-refractivity contribution in [2.24, 2.45) is 11.7 Å². The monoisotopic (exact) mass is 253 g/mol. The first-order chi connectivity index (χ1) is 8.72. The first-order valence-electron chi connectivity index (χ1n) is 6.18. The average molecular weight is 253 g/mol. The summed E-state index contributed by atoms with van der Waals surface area (Å²) in [5.74, 6) is 1.25. The molecule has 1 fully saturated rings. The fraction of sp³-hybridized carbons (Fsp3) is 0.727. The first-order valence-corrected chi connectivity index (χ1v) is 6.18. The van der Waals surface area contributed by atoms with Crippen molar-refractivity contribution < 1.29 is 9.32 Å². The van der Waals surface area contributed by atoms with Gasteiger partial charge in [0.05, 0.1) is 19.0 Å². The number of piperidine rings is 1. The van der Waals surface area contributed by atoms with Gasteiger partial charge in [0, 0.05) is 13.6 Å². The highest BCUT2D eigenvalue weighted by molar-refractivity contribution is 5.78. The number of hydrogen-bond donors (Lipinski definition) is 2. The van der Waals surface area contributed by atoms with Crippen LogP contribution in [0.5, 0.6) is 0 Å². The lowest BCUT2D eigenvalue weighted by Gasteiger charge is -2.30. The van der Waals surface area contributed by atoms with Crippen LogP contribution in [-0.4, -0.2) is 41.1 Å². The highest BCUT2D eigenvalue weighted by Gasteiger charge is 2.25. The van der Waals surface area contributed by atoms with E-state index in [1.165, 1.54) is 0 Å². The molecular formula is C11H19N5O2. The predicted octanol–water partition coefficient (Wildman–Crippen LogP) is -0.514. The Labute approximate surface area is 106 Å². The Balaban J connectivity index is 1.91. The molecule has 7 heteroatoms. The summed E-state index contributed by atoms with van der Waals surface area (Å²) in [6, 6.07) is 0.